The summed E-state index contributed by atoms with van der Waals surface area (Å²) in [7, 11) is 0. The number of hydrogen-bond donors (Lipinski definition) is 0. The van der Waals surface area contributed by atoms with Crippen molar-refractivity contribution in [2.75, 3.05) is 0 Å². The highest BCUT2D eigenvalue weighted by Crippen LogP contribution is 2.28. The second-order valence-electron chi connectivity index (χ2n) is 5.46. The third-order valence-corrected chi connectivity index (χ3v) is 3.93. The van der Waals surface area contributed by atoms with Crippen LogP contribution in [0, 0.1) is 0 Å². The fourth-order valence-corrected chi connectivity index (χ4v) is 2.89. The minimum absolute atomic E-state index is 0.0421. The van der Waals surface area contributed by atoms with E-state index in [0.29, 0.717) is 5.89 Å². The Hall–Kier alpha value is -2.17. The van der Waals surface area contributed by atoms with Crippen LogP contribution in [0.2, 0.25) is 0 Å². The van der Waals surface area contributed by atoms with E-state index in [-0.39, 0.29) is 6.04 Å². The van der Waals surface area contributed by atoms with Crippen molar-refractivity contribution in [2.24, 2.45) is 0 Å². The molecular weight excluding hydrogens is 276 g/mol. The zero-order chi connectivity index (χ0) is 15.5. The van der Waals surface area contributed by atoms with Gasteiger partial charge in [-0.1, -0.05) is 38.1 Å². The number of hydrogen-bond acceptors (Lipinski definition) is 4. The summed E-state index contributed by atoms with van der Waals surface area (Å²) in [4.78, 5) is 9.32. The van der Waals surface area contributed by atoms with Gasteiger partial charge in [-0.15, -0.1) is 0 Å². The highest BCUT2D eigenvalue weighted by atomic mass is 16.5. The molecule has 0 bridgehead atoms. The number of imidazole rings is 1. The number of aryl methyl sites for hydroxylation is 2. The summed E-state index contributed by atoms with van der Waals surface area (Å²) >= 11 is 0. The van der Waals surface area contributed by atoms with Gasteiger partial charge in [0.2, 0.25) is 5.89 Å². The Labute approximate surface area is 130 Å². The van der Waals surface area contributed by atoms with E-state index < -0.39 is 0 Å². The molecule has 3 aromatic rings. The average Bonchev–Trinajstić information content (AvgIpc) is 3.14. The lowest BCUT2D eigenvalue weighted by atomic mass is 10.2. The van der Waals surface area contributed by atoms with Crippen LogP contribution in [-0.4, -0.2) is 19.7 Å². The molecule has 0 spiro atoms. The third-order valence-electron chi connectivity index (χ3n) is 3.93. The lowest BCUT2D eigenvalue weighted by Gasteiger charge is -2.16. The van der Waals surface area contributed by atoms with E-state index in [4.69, 9.17) is 9.51 Å². The minimum atomic E-state index is 0.0421. The van der Waals surface area contributed by atoms with Crippen LogP contribution in [0.15, 0.2) is 28.8 Å². The Balaban J connectivity index is 2.09. The lowest BCUT2D eigenvalue weighted by molar-refractivity contribution is 0.329. The van der Waals surface area contributed by atoms with E-state index in [2.05, 4.69) is 41.5 Å². The second kappa shape index (κ2) is 6.30. The number of nitrogens with zero attached hydrogens (tertiary/aromatic N) is 4. The van der Waals surface area contributed by atoms with Crippen molar-refractivity contribution in [2.45, 2.75) is 52.5 Å². The van der Waals surface area contributed by atoms with E-state index in [9.17, 15) is 0 Å². The Morgan fingerprint density at radius 1 is 1.14 bits per heavy atom. The van der Waals surface area contributed by atoms with Crippen LogP contribution in [0.25, 0.3) is 11.0 Å². The molecule has 0 N–H and O–H groups in total. The highest BCUT2D eigenvalue weighted by molar-refractivity contribution is 5.76. The molecule has 0 aliphatic rings. The third kappa shape index (κ3) is 2.51. The molecule has 0 radical (unpaired) electrons. The molecule has 1 atom stereocenters. The average molecular weight is 298 g/mol. The van der Waals surface area contributed by atoms with Crippen molar-refractivity contribution in [3.63, 3.8) is 0 Å². The SMILES string of the molecule is CCCc1noc(C(CC)n2c(CC)nc3ccccc32)n1. The van der Waals surface area contributed by atoms with Crippen molar-refractivity contribution in [3.8, 4) is 0 Å². The standard InChI is InChI=1S/C17H22N4O/c1-4-9-15-19-17(22-20-15)13(5-2)21-14-11-8-7-10-12(14)18-16(21)6-3/h7-8,10-11,13H,4-6,9H2,1-3H3. The number of aromatic nitrogens is 4. The van der Waals surface area contributed by atoms with Gasteiger partial charge in [0.05, 0.1) is 11.0 Å². The molecule has 0 aliphatic carbocycles. The topological polar surface area (TPSA) is 56.7 Å². The first-order valence-electron chi connectivity index (χ1n) is 8.06. The van der Waals surface area contributed by atoms with Crippen molar-refractivity contribution >= 4 is 11.0 Å². The Bertz CT molecular complexity index is 759. The van der Waals surface area contributed by atoms with Crippen LogP contribution in [-0.2, 0) is 12.8 Å². The van der Waals surface area contributed by atoms with Gasteiger partial charge >= 0.3 is 0 Å². The van der Waals surface area contributed by atoms with Crippen molar-refractivity contribution in [3.05, 3.63) is 41.8 Å². The summed E-state index contributed by atoms with van der Waals surface area (Å²) < 4.78 is 7.78. The molecule has 22 heavy (non-hydrogen) atoms. The van der Waals surface area contributed by atoms with Gasteiger partial charge in [0, 0.05) is 12.8 Å². The molecule has 5 nitrogen and oxygen atoms in total. The monoisotopic (exact) mass is 298 g/mol. The van der Waals surface area contributed by atoms with Gasteiger partial charge in [-0.2, -0.15) is 4.98 Å². The zero-order valence-corrected chi connectivity index (χ0v) is 13.4. The molecule has 3 rings (SSSR count). The van der Waals surface area contributed by atoms with E-state index >= 15 is 0 Å². The summed E-state index contributed by atoms with van der Waals surface area (Å²) in [5.41, 5.74) is 2.15. The summed E-state index contributed by atoms with van der Waals surface area (Å²) in [6.07, 6.45) is 3.64. The maximum absolute atomic E-state index is 5.53. The van der Waals surface area contributed by atoms with Crippen LogP contribution in [0.4, 0.5) is 0 Å². The molecule has 116 valence electrons. The fourth-order valence-electron chi connectivity index (χ4n) is 2.89. The molecule has 2 heterocycles. The van der Waals surface area contributed by atoms with E-state index in [1.807, 2.05) is 18.2 Å². The summed E-state index contributed by atoms with van der Waals surface area (Å²) in [5, 5.41) is 4.10. The Morgan fingerprint density at radius 3 is 2.68 bits per heavy atom. The molecule has 0 saturated heterocycles. The van der Waals surface area contributed by atoms with Crippen LogP contribution < -0.4 is 0 Å². The van der Waals surface area contributed by atoms with Crippen molar-refractivity contribution < 1.29 is 4.52 Å². The molecule has 0 saturated carbocycles. The first kappa shape index (κ1) is 14.8. The first-order chi connectivity index (χ1) is 10.8. The maximum Gasteiger partial charge on any atom is 0.249 e. The van der Waals surface area contributed by atoms with Gasteiger partial charge in [0.15, 0.2) is 5.82 Å². The molecule has 0 amide bonds. The van der Waals surface area contributed by atoms with E-state index in [1.54, 1.807) is 0 Å². The summed E-state index contributed by atoms with van der Waals surface area (Å²) in [6.45, 7) is 6.38. The predicted octanol–water partition coefficient (Wildman–Crippen LogP) is 3.93. The molecule has 0 fully saturated rings. The van der Waals surface area contributed by atoms with Gasteiger partial charge < -0.3 is 9.09 Å². The Kier molecular flexibility index (Phi) is 4.22. The van der Waals surface area contributed by atoms with Crippen LogP contribution in [0.3, 0.4) is 0 Å². The van der Waals surface area contributed by atoms with Gasteiger partial charge in [-0.25, -0.2) is 4.98 Å². The highest BCUT2D eigenvalue weighted by Gasteiger charge is 2.23. The largest absolute Gasteiger partial charge is 0.337 e. The normalized spacial score (nSPS) is 12.9. The molecule has 5 heteroatoms. The molecular formula is C17H22N4O. The minimum Gasteiger partial charge on any atom is -0.337 e. The van der Waals surface area contributed by atoms with Crippen LogP contribution >= 0.6 is 0 Å². The van der Waals surface area contributed by atoms with Crippen molar-refractivity contribution in [1.29, 1.82) is 0 Å². The smallest absolute Gasteiger partial charge is 0.249 e. The van der Waals surface area contributed by atoms with Gasteiger partial charge in [0.25, 0.3) is 0 Å². The number of benzene rings is 1. The van der Waals surface area contributed by atoms with Crippen LogP contribution in [0.1, 0.15) is 57.2 Å². The quantitative estimate of drug-likeness (QED) is 0.692. The Morgan fingerprint density at radius 2 is 1.95 bits per heavy atom. The molecule has 1 aromatic carbocycles. The van der Waals surface area contributed by atoms with Crippen molar-refractivity contribution in [1.82, 2.24) is 19.7 Å². The van der Waals surface area contributed by atoms with Gasteiger partial charge in [-0.05, 0) is 25.0 Å². The molecule has 0 aliphatic heterocycles. The predicted molar refractivity (Wildman–Crippen MR) is 85.8 cm³/mol. The molecule has 1 unspecified atom stereocenters. The number of rotatable bonds is 6. The van der Waals surface area contributed by atoms with Gasteiger partial charge in [-0.3, -0.25) is 0 Å². The van der Waals surface area contributed by atoms with Crippen LogP contribution in [0.5, 0.6) is 0 Å². The molecule has 2 aromatic heterocycles. The number of para-hydroxylation sites is 2. The van der Waals surface area contributed by atoms with E-state index in [0.717, 1.165) is 48.4 Å². The second-order valence-corrected chi connectivity index (χ2v) is 5.46. The van der Waals surface area contributed by atoms with E-state index in [1.165, 1.54) is 0 Å². The summed E-state index contributed by atoms with van der Waals surface area (Å²) in [5.74, 6) is 2.53. The zero-order valence-electron chi connectivity index (χ0n) is 13.4. The van der Waals surface area contributed by atoms with Gasteiger partial charge in [0.1, 0.15) is 11.9 Å². The summed E-state index contributed by atoms with van der Waals surface area (Å²) in [6, 6.07) is 8.26. The lowest BCUT2D eigenvalue weighted by Crippen LogP contribution is -2.13. The number of fused-ring (bicyclic) bond motifs is 1. The maximum atomic E-state index is 5.53. The fraction of sp³-hybridized carbons (Fsp3) is 0.471. The first-order valence-corrected chi connectivity index (χ1v) is 8.06.